The largest absolute Gasteiger partial charge is 0.353 e. The lowest BCUT2D eigenvalue weighted by atomic mass is 9.95. The first-order chi connectivity index (χ1) is 14.5. The van der Waals surface area contributed by atoms with Gasteiger partial charge >= 0.3 is 0 Å². The zero-order chi connectivity index (χ0) is 21.3. The van der Waals surface area contributed by atoms with Crippen molar-refractivity contribution in [3.63, 3.8) is 0 Å². The van der Waals surface area contributed by atoms with Crippen LogP contribution < -0.4 is 5.32 Å². The second-order valence-electron chi connectivity index (χ2n) is 8.20. The normalized spacial score (nSPS) is 16.0. The summed E-state index contributed by atoms with van der Waals surface area (Å²) in [6.07, 6.45) is 2.39. The van der Waals surface area contributed by atoms with Crippen molar-refractivity contribution in [2.45, 2.75) is 46.1 Å². The van der Waals surface area contributed by atoms with Crippen molar-refractivity contribution in [3.05, 3.63) is 53.0 Å². The van der Waals surface area contributed by atoms with Crippen molar-refractivity contribution in [3.8, 4) is 5.00 Å². The summed E-state index contributed by atoms with van der Waals surface area (Å²) in [5.74, 6) is 0.210. The number of nitrogens with zero attached hydrogens (tertiary/aromatic N) is 2. The van der Waals surface area contributed by atoms with Gasteiger partial charge in [-0.1, -0.05) is 25.1 Å². The van der Waals surface area contributed by atoms with Crippen LogP contribution >= 0.6 is 11.3 Å². The Morgan fingerprint density at radius 2 is 1.90 bits per heavy atom. The zero-order valence-electron chi connectivity index (χ0n) is 17.9. The van der Waals surface area contributed by atoms with Crippen LogP contribution in [0.25, 0.3) is 15.9 Å². The highest BCUT2D eigenvalue weighted by molar-refractivity contribution is 7.16. The van der Waals surface area contributed by atoms with Gasteiger partial charge in [0.25, 0.3) is 5.91 Å². The number of carbonyl (C=O) groups excluding carboxylic acids is 2. The Morgan fingerprint density at radius 1 is 1.17 bits per heavy atom. The second-order valence-corrected chi connectivity index (χ2v) is 9.26. The average molecular weight is 424 g/mol. The number of thiophene rings is 1. The van der Waals surface area contributed by atoms with Gasteiger partial charge in [0.05, 0.1) is 10.4 Å². The summed E-state index contributed by atoms with van der Waals surface area (Å²) in [5, 5.41) is 5.33. The number of fused-ring (bicyclic) bond motifs is 1. The maximum absolute atomic E-state index is 13.1. The molecule has 1 aliphatic heterocycles. The molecule has 1 aromatic carbocycles. The van der Waals surface area contributed by atoms with E-state index in [0.717, 1.165) is 40.4 Å². The molecular formula is C24H29N3O2S. The van der Waals surface area contributed by atoms with E-state index >= 15 is 0 Å². The summed E-state index contributed by atoms with van der Waals surface area (Å²) in [7, 11) is 0. The lowest BCUT2D eigenvalue weighted by Crippen LogP contribution is -2.44. The molecule has 3 aromatic rings. The SMILES string of the molecule is CC[C@@H](C)NC(=O)C1CCN(C(=O)c2ccc(-n3c(C)cc4ccccc43)s2)CC1. The summed E-state index contributed by atoms with van der Waals surface area (Å²) in [6, 6.07) is 14.6. The number of benzene rings is 1. The van der Waals surface area contributed by atoms with Crippen LogP contribution in [0.15, 0.2) is 42.5 Å². The number of para-hydroxylation sites is 1. The Morgan fingerprint density at radius 3 is 2.63 bits per heavy atom. The van der Waals surface area contributed by atoms with Crippen molar-refractivity contribution < 1.29 is 9.59 Å². The van der Waals surface area contributed by atoms with Crippen LogP contribution in [0.5, 0.6) is 0 Å². The van der Waals surface area contributed by atoms with Gasteiger partial charge in [-0.25, -0.2) is 0 Å². The van der Waals surface area contributed by atoms with E-state index < -0.39 is 0 Å². The number of hydrogen-bond acceptors (Lipinski definition) is 3. The molecule has 6 heteroatoms. The number of nitrogens with one attached hydrogen (secondary N) is 1. The predicted octanol–water partition coefficient (Wildman–Crippen LogP) is 4.77. The van der Waals surface area contributed by atoms with E-state index in [1.54, 1.807) is 0 Å². The van der Waals surface area contributed by atoms with E-state index in [0.29, 0.717) is 13.1 Å². The molecule has 1 fully saturated rings. The smallest absolute Gasteiger partial charge is 0.263 e. The van der Waals surface area contributed by atoms with Gasteiger partial charge < -0.3 is 14.8 Å². The number of amides is 2. The molecule has 2 amide bonds. The molecule has 0 aliphatic carbocycles. The van der Waals surface area contributed by atoms with E-state index in [2.05, 4.69) is 41.9 Å². The number of aromatic nitrogens is 1. The van der Waals surface area contributed by atoms with Crippen molar-refractivity contribution >= 4 is 34.1 Å². The predicted molar refractivity (Wildman–Crippen MR) is 122 cm³/mol. The lowest BCUT2D eigenvalue weighted by Gasteiger charge is -2.31. The first-order valence-electron chi connectivity index (χ1n) is 10.7. The van der Waals surface area contributed by atoms with Crippen molar-refractivity contribution in [1.82, 2.24) is 14.8 Å². The Labute approximate surface area is 181 Å². The second kappa shape index (κ2) is 8.64. The first-order valence-corrected chi connectivity index (χ1v) is 11.6. The average Bonchev–Trinajstić information content (AvgIpc) is 3.36. The number of aryl methyl sites for hydroxylation is 1. The summed E-state index contributed by atoms with van der Waals surface area (Å²) < 4.78 is 2.21. The molecule has 30 heavy (non-hydrogen) atoms. The van der Waals surface area contributed by atoms with Gasteiger partial charge in [0.15, 0.2) is 0 Å². The molecule has 5 nitrogen and oxygen atoms in total. The molecule has 0 saturated carbocycles. The van der Waals surface area contributed by atoms with Gasteiger partial charge in [0.2, 0.25) is 5.91 Å². The van der Waals surface area contributed by atoms with Gasteiger partial charge in [0, 0.05) is 36.1 Å². The van der Waals surface area contributed by atoms with Crippen molar-refractivity contribution in [1.29, 1.82) is 0 Å². The summed E-state index contributed by atoms with van der Waals surface area (Å²) in [5.41, 5.74) is 2.31. The fourth-order valence-corrected chi connectivity index (χ4v) is 5.16. The third kappa shape index (κ3) is 4.01. The van der Waals surface area contributed by atoms with E-state index in [4.69, 9.17) is 0 Å². The highest BCUT2D eigenvalue weighted by Crippen LogP contribution is 2.30. The molecule has 0 unspecified atom stereocenters. The van der Waals surface area contributed by atoms with Crippen LogP contribution in [-0.2, 0) is 4.79 Å². The summed E-state index contributed by atoms with van der Waals surface area (Å²) in [6.45, 7) is 7.46. The van der Waals surface area contributed by atoms with E-state index in [-0.39, 0.29) is 23.8 Å². The van der Waals surface area contributed by atoms with Gasteiger partial charge in [-0.2, -0.15) is 0 Å². The molecule has 1 N–H and O–H groups in total. The van der Waals surface area contributed by atoms with Crippen LogP contribution in [0.2, 0.25) is 0 Å². The Kier molecular flexibility index (Phi) is 5.95. The van der Waals surface area contributed by atoms with Crippen LogP contribution in [0.3, 0.4) is 0 Å². The quantitative estimate of drug-likeness (QED) is 0.643. The fraction of sp³-hybridized carbons (Fsp3) is 0.417. The van der Waals surface area contributed by atoms with E-state index in [9.17, 15) is 9.59 Å². The van der Waals surface area contributed by atoms with Gasteiger partial charge in [-0.05, 0) is 57.4 Å². The minimum absolute atomic E-state index is 0.0100. The van der Waals surface area contributed by atoms with Crippen LogP contribution in [0, 0.1) is 12.8 Å². The Hall–Kier alpha value is -2.60. The molecule has 4 rings (SSSR count). The third-order valence-electron chi connectivity index (χ3n) is 6.07. The molecule has 0 radical (unpaired) electrons. The molecule has 158 valence electrons. The number of rotatable bonds is 5. The zero-order valence-corrected chi connectivity index (χ0v) is 18.7. The van der Waals surface area contributed by atoms with Gasteiger partial charge in [-0.15, -0.1) is 11.3 Å². The van der Waals surface area contributed by atoms with Crippen LogP contribution in [0.1, 0.15) is 48.5 Å². The minimum atomic E-state index is 0.0100. The van der Waals surface area contributed by atoms with Gasteiger partial charge in [-0.3, -0.25) is 9.59 Å². The monoisotopic (exact) mass is 423 g/mol. The van der Waals surface area contributed by atoms with E-state index in [1.165, 1.54) is 16.7 Å². The minimum Gasteiger partial charge on any atom is -0.353 e. The van der Waals surface area contributed by atoms with Crippen LogP contribution in [-0.4, -0.2) is 40.4 Å². The van der Waals surface area contributed by atoms with Crippen molar-refractivity contribution in [2.24, 2.45) is 5.92 Å². The fourth-order valence-electron chi connectivity index (χ4n) is 4.11. The first kappa shape index (κ1) is 20.7. The molecular weight excluding hydrogens is 394 g/mol. The van der Waals surface area contributed by atoms with Crippen LogP contribution in [0.4, 0.5) is 0 Å². The number of carbonyl (C=O) groups is 2. The molecule has 3 heterocycles. The molecule has 1 saturated heterocycles. The molecule has 1 aliphatic rings. The maximum atomic E-state index is 13.1. The number of piperidine rings is 1. The molecule has 0 bridgehead atoms. The molecule has 1 atom stereocenters. The van der Waals surface area contributed by atoms with Crippen molar-refractivity contribution in [2.75, 3.05) is 13.1 Å². The number of hydrogen-bond donors (Lipinski definition) is 1. The molecule has 2 aromatic heterocycles. The van der Waals surface area contributed by atoms with Gasteiger partial charge in [0.1, 0.15) is 5.00 Å². The number of likely N-dealkylation sites (tertiary alicyclic amines) is 1. The summed E-state index contributed by atoms with van der Waals surface area (Å²) in [4.78, 5) is 28.1. The lowest BCUT2D eigenvalue weighted by molar-refractivity contribution is -0.126. The maximum Gasteiger partial charge on any atom is 0.263 e. The highest BCUT2D eigenvalue weighted by Gasteiger charge is 2.29. The third-order valence-corrected chi connectivity index (χ3v) is 7.13. The topological polar surface area (TPSA) is 54.3 Å². The highest BCUT2D eigenvalue weighted by atomic mass is 32.1. The Balaban J connectivity index is 1.44. The molecule has 0 spiro atoms. The van der Waals surface area contributed by atoms with E-state index in [1.807, 2.05) is 36.1 Å². The standard InChI is InChI=1S/C24H29N3O2S/c1-4-16(2)25-23(28)18-11-13-26(14-12-18)24(29)21-9-10-22(30-21)27-17(3)15-19-7-5-6-8-20(19)27/h5-10,15-16,18H,4,11-14H2,1-3H3,(H,25,28)/t16-/m1/s1. The Bertz CT molecular complexity index is 1060. The summed E-state index contributed by atoms with van der Waals surface area (Å²) >= 11 is 1.53.